The van der Waals surface area contributed by atoms with Crippen molar-refractivity contribution in [2.45, 2.75) is 104 Å². The lowest BCUT2D eigenvalue weighted by atomic mass is 9.41. The summed E-state index contributed by atoms with van der Waals surface area (Å²) in [5, 5.41) is 43.3. The molecule has 1 unspecified atom stereocenters. The maximum Gasteiger partial charge on any atom is 0.306 e. The van der Waals surface area contributed by atoms with E-state index in [0.29, 0.717) is 12.3 Å². The minimum Gasteiger partial charge on any atom is -0.481 e. The maximum absolute atomic E-state index is 11.8. The SMILES string of the molecule is CC[C@H]1[C@@H](O)[C@@H]2[C@H](C[C@H](O)[C@]3(C)[C@@H]([C@H](C)CC(C)C(=O)O)CC[C@@H]23)[C@@]2(C)CC[C@@H](O)C[C@@H]12. The Morgan fingerprint density at radius 3 is 2.31 bits per heavy atom. The van der Waals surface area contributed by atoms with E-state index in [1.54, 1.807) is 6.92 Å². The van der Waals surface area contributed by atoms with E-state index < -0.39 is 12.1 Å². The van der Waals surface area contributed by atoms with Gasteiger partial charge in [-0.05, 0) is 97.2 Å². The number of fused-ring (bicyclic) bond motifs is 5. The van der Waals surface area contributed by atoms with Crippen molar-refractivity contribution in [1.29, 1.82) is 0 Å². The van der Waals surface area contributed by atoms with Gasteiger partial charge in [0, 0.05) is 0 Å². The molecule has 5 heteroatoms. The monoisotopic (exact) mass is 450 g/mol. The summed E-state index contributed by atoms with van der Waals surface area (Å²) >= 11 is 0. The number of carboxylic acid groups (broad SMARTS) is 1. The molecule has 0 aliphatic heterocycles. The van der Waals surface area contributed by atoms with Crippen molar-refractivity contribution in [3.63, 3.8) is 0 Å². The normalized spacial score (nSPS) is 52.4. The summed E-state index contributed by atoms with van der Waals surface area (Å²) in [6.07, 6.45) is 5.85. The van der Waals surface area contributed by atoms with Crippen molar-refractivity contribution in [2.24, 2.45) is 58.2 Å². The van der Waals surface area contributed by atoms with E-state index >= 15 is 0 Å². The van der Waals surface area contributed by atoms with Crippen LogP contribution in [0.3, 0.4) is 0 Å². The third-order valence-electron chi connectivity index (χ3n) is 11.4. The molecule has 0 bridgehead atoms. The zero-order chi connectivity index (χ0) is 23.6. The number of aliphatic carboxylic acids is 1. The first-order valence-corrected chi connectivity index (χ1v) is 13.2. The molecular formula is C27H46O5. The van der Waals surface area contributed by atoms with E-state index in [2.05, 4.69) is 27.7 Å². The quantitative estimate of drug-likeness (QED) is 0.500. The molecule has 4 aliphatic carbocycles. The number of carboxylic acids is 1. The van der Waals surface area contributed by atoms with Crippen molar-refractivity contribution < 1.29 is 25.2 Å². The molecule has 13 atom stereocenters. The summed E-state index contributed by atoms with van der Waals surface area (Å²) < 4.78 is 0. The van der Waals surface area contributed by atoms with Crippen LogP contribution in [-0.4, -0.2) is 44.7 Å². The van der Waals surface area contributed by atoms with E-state index in [1.807, 2.05) is 0 Å². The average Bonchev–Trinajstić information content (AvgIpc) is 3.09. The van der Waals surface area contributed by atoms with Gasteiger partial charge < -0.3 is 20.4 Å². The Bertz CT molecular complexity index is 710. The zero-order valence-electron chi connectivity index (χ0n) is 20.7. The van der Waals surface area contributed by atoms with Gasteiger partial charge in [-0.2, -0.15) is 0 Å². The zero-order valence-corrected chi connectivity index (χ0v) is 20.7. The molecule has 4 N–H and O–H groups in total. The Kier molecular flexibility index (Phi) is 6.53. The second-order valence-corrected chi connectivity index (χ2v) is 12.6. The van der Waals surface area contributed by atoms with Gasteiger partial charge in [-0.25, -0.2) is 0 Å². The number of carbonyl (C=O) groups is 1. The summed E-state index contributed by atoms with van der Waals surface area (Å²) in [5.74, 6) is 0.687. The second kappa shape index (κ2) is 8.53. The fraction of sp³-hybridized carbons (Fsp3) is 0.963. The van der Waals surface area contributed by atoms with Crippen LogP contribution >= 0.6 is 0 Å². The largest absolute Gasteiger partial charge is 0.481 e. The third-order valence-corrected chi connectivity index (χ3v) is 11.4. The van der Waals surface area contributed by atoms with E-state index in [1.165, 1.54) is 0 Å². The van der Waals surface area contributed by atoms with Crippen molar-refractivity contribution in [3.05, 3.63) is 0 Å². The lowest BCUT2D eigenvalue weighted by molar-refractivity contribution is -0.228. The van der Waals surface area contributed by atoms with Crippen molar-refractivity contribution in [1.82, 2.24) is 0 Å². The molecule has 0 spiro atoms. The van der Waals surface area contributed by atoms with E-state index in [9.17, 15) is 25.2 Å². The van der Waals surface area contributed by atoms with Crippen LogP contribution in [0.25, 0.3) is 0 Å². The van der Waals surface area contributed by atoms with Crippen LogP contribution in [0.1, 0.15) is 86.0 Å². The molecule has 0 radical (unpaired) electrons. The molecule has 0 heterocycles. The van der Waals surface area contributed by atoms with Gasteiger partial charge in [0.2, 0.25) is 0 Å². The van der Waals surface area contributed by atoms with Gasteiger partial charge in [0.1, 0.15) is 0 Å². The van der Waals surface area contributed by atoms with Gasteiger partial charge >= 0.3 is 5.97 Å². The summed E-state index contributed by atoms with van der Waals surface area (Å²) in [4.78, 5) is 11.5. The Morgan fingerprint density at radius 1 is 1.00 bits per heavy atom. The van der Waals surface area contributed by atoms with Gasteiger partial charge in [0.05, 0.1) is 24.2 Å². The average molecular weight is 451 g/mol. The molecule has 0 amide bonds. The molecule has 4 fully saturated rings. The van der Waals surface area contributed by atoms with Crippen LogP contribution in [0.5, 0.6) is 0 Å². The van der Waals surface area contributed by atoms with E-state index in [0.717, 1.165) is 44.9 Å². The number of rotatable bonds is 5. The van der Waals surface area contributed by atoms with Gasteiger partial charge in [0.15, 0.2) is 0 Å². The third kappa shape index (κ3) is 3.48. The topological polar surface area (TPSA) is 98.0 Å². The minimum absolute atomic E-state index is 0.0631. The molecule has 4 rings (SSSR count). The highest BCUT2D eigenvalue weighted by Gasteiger charge is 2.67. The number of hydrogen-bond acceptors (Lipinski definition) is 4. The predicted molar refractivity (Wildman–Crippen MR) is 124 cm³/mol. The summed E-state index contributed by atoms with van der Waals surface area (Å²) in [5.41, 5.74) is -0.205. The molecule has 4 aliphatic rings. The lowest BCUT2D eigenvalue weighted by Crippen LogP contribution is -2.65. The summed E-state index contributed by atoms with van der Waals surface area (Å²) in [6, 6.07) is 0. The van der Waals surface area contributed by atoms with Crippen molar-refractivity contribution in [3.8, 4) is 0 Å². The Morgan fingerprint density at radius 2 is 1.69 bits per heavy atom. The van der Waals surface area contributed by atoms with Crippen LogP contribution < -0.4 is 0 Å². The summed E-state index contributed by atoms with van der Waals surface area (Å²) in [7, 11) is 0. The predicted octanol–water partition coefficient (Wildman–Crippen LogP) is 4.33. The van der Waals surface area contributed by atoms with Crippen LogP contribution in [0.4, 0.5) is 0 Å². The van der Waals surface area contributed by atoms with Gasteiger partial charge in [-0.15, -0.1) is 0 Å². The molecule has 0 aromatic carbocycles. The van der Waals surface area contributed by atoms with Crippen LogP contribution in [-0.2, 0) is 4.79 Å². The second-order valence-electron chi connectivity index (χ2n) is 12.6. The standard InChI is InChI=1S/C27H46O5/c1-6-17-20-12-16(28)9-10-26(20,4)21-13-22(29)27(5)18(14(2)11-15(3)25(31)32)7-8-19(27)23(21)24(17)30/h14-24,28-30H,6-13H2,1-5H3,(H,31,32)/t14-,15?,16-,17-,18-,19+,20+,21+,22+,23+,24-,26+,27-/m1/s1. The van der Waals surface area contributed by atoms with Crippen LogP contribution in [0, 0.1) is 58.2 Å². The number of aliphatic hydroxyl groups is 3. The van der Waals surface area contributed by atoms with Crippen molar-refractivity contribution >= 4 is 5.97 Å². The first-order valence-electron chi connectivity index (χ1n) is 13.2. The molecule has 32 heavy (non-hydrogen) atoms. The highest BCUT2D eigenvalue weighted by Crippen LogP contribution is 2.69. The van der Waals surface area contributed by atoms with Crippen LogP contribution in [0.2, 0.25) is 0 Å². The fourth-order valence-corrected chi connectivity index (χ4v) is 9.71. The minimum atomic E-state index is -0.743. The van der Waals surface area contributed by atoms with E-state index in [4.69, 9.17) is 0 Å². The lowest BCUT2D eigenvalue weighted by Gasteiger charge is -2.65. The molecule has 4 saturated carbocycles. The number of aliphatic hydroxyl groups excluding tert-OH is 3. The molecule has 0 aromatic rings. The summed E-state index contributed by atoms with van der Waals surface area (Å²) in [6.45, 7) is 10.8. The van der Waals surface area contributed by atoms with Crippen molar-refractivity contribution in [2.75, 3.05) is 0 Å². The molecule has 5 nitrogen and oxygen atoms in total. The first kappa shape index (κ1) is 24.5. The molecule has 0 aromatic heterocycles. The highest BCUT2D eigenvalue weighted by molar-refractivity contribution is 5.69. The Hall–Kier alpha value is -0.650. The fourth-order valence-electron chi connectivity index (χ4n) is 9.71. The van der Waals surface area contributed by atoms with Gasteiger partial charge in [0.25, 0.3) is 0 Å². The highest BCUT2D eigenvalue weighted by atomic mass is 16.4. The van der Waals surface area contributed by atoms with E-state index in [-0.39, 0.29) is 64.5 Å². The maximum atomic E-state index is 11.8. The molecule has 0 saturated heterocycles. The smallest absolute Gasteiger partial charge is 0.306 e. The number of hydrogen-bond donors (Lipinski definition) is 4. The van der Waals surface area contributed by atoms with Gasteiger partial charge in [-0.3, -0.25) is 4.79 Å². The molecular weight excluding hydrogens is 404 g/mol. The first-order chi connectivity index (χ1) is 15.0. The molecule has 184 valence electrons. The van der Waals surface area contributed by atoms with Gasteiger partial charge in [-0.1, -0.05) is 41.0 Å². The Labute approximate surface area is 194 Å². The van der Waals surface area contributed by atoms with Crippen LogP contribution in [0.15, 0.2) is 0 Å². The Balaban J connectivity index is 1.66.